The Morgan fingerprint density at radius 1 is 0.650 bits per heavy atom. The van der Waals surface area contributed by atoms with E-state index < -0.39 is 36.9 Å². The van der Waals surface area contributed by atoms with Crippen LogP contribution in [0.25, 0.3) is 0 Å². The molecule has 0 saturated carbocycles. The van der Waals surface area contributed by atoms with Gasteiger partial charge in [-0.2, -0.15) is 0 Å². The fourth-order valence-electron chi connectivity index (χ4n) is 4.73. The van der Waals surface area contributed by atoms with Crippen molar-refractivity contribution in [3.63, 3.8) is 0 Å². The minimum absolute atomic E-state index is 0.360. The molecule has 0 aromatic carbocycles. The summed E-state index contributed by atoms with van der Waals surface area (Å²) in [6, 6.07) is -1.01. The summed E-state index contributed by atoms with van der Waals surface area (Å²) >= 11 is 0. The van der Waals surface area contributed by atoms with Crippen molar-refractivity contribution >= 4 is 5.91 Å². The normalized spacial score (nSPS) is 15.2. The Kier molecular flexibility index (Phi) is 28.0. The first kappa shape index (κ1) is 38.5. The monoisotopic (exact) mass is 565 g/mol. The van der Waals surface area contributed by atoms with Gasteiger partial charge in [0.05, 0.1) is 18.8 Å². The zero-order valence-electron chi connectivity index (χ0n) is 25.8. The van der Waals surface area contributed by atoms with Gasteiger partial charge in [-0.25, -0.2) is 0 Å². The van der Waals surface area contributed by atoms with Gasteiger partial charge in [0.15, 0.2) is 0 Å². The molecule has 0 aliphatic heterocycles. The number of carbonyl (C=O) groups is 1. The van der Waals surface area contributed by atoms with Gasteiger partial charge in [0, 0.05) is 0 Å². The molecule has 0 aliphatic rings. The molecule has 1 amide bonds. The van der Waals surface area contributed by atoms with Crippen molar-refractivity contribution in [2.75, 3.05) is 6.61 Å². The maximum atomic E-state index is 12.4. The van der Waals surface area contributed by atoms with Gasteiger partial charge in [-0.15, -0.1) is 0 Å². The zero-order valence-corrected chi connectivity index (χ0v) is 25.8. The molecule has 0 aliphatic carbocycles. The summed E-state index contributed by atoms with van der Waals surface area (Å²) in [5, 5.41) is 43.2. The first-order valence-corrected chi connectivity index (χ1v) is 16.3. The van der Waals surface area contributed by atoms with Crippen LogP contribution in [-0.2, 0) is 4.79 Å². The van der Waals surface area contributed by atoms with Crippen molar-refractivity contribution in [3.05, 3.63) is 36.5 Å². The average molecular weight is 566 g/mol. The number of amides is 1. The first-order valence-electron chi connectivity index (χ1n) is 16.3. The summed E-state index contributed by atoms with van der Waals surface area (Å²) in [5.74, 6) is -0.604. The van der Waals surface area contributed by atoms with Crippen molar-refractivity contribution < 1.29 is 25.2 Å². The highest BCUT2D eigenvalue weighted by Gasteiger charge is 2.28. The number of allylic oxidation sites excluding steroid dienone is 6. The summed E-state index contributed by atoms with van der Waals surface area (Å²) in [4.78, 5) is 12.4. The van der Waals surface area contributed by atoms with Gasteiger partial charge in [-0.1, -0.05) is 120 Å². The molecule has 0 rings (SSSR count). The predicted octanol–water partition coefficient (Wildman–Crippen LogP) is 7.06. The lowest BCUT2D eigenvalue weighted by molar-refractivity contribution is -0.132. The lowest BCUT2D eigenvalue weighted by Crippen LogP contribution is -2.53. The van der Waals surface area contributed by atoms with Gasteiger partial charge in [-0.3, -0.25) is 4.79 Å². The summed E-state index contributed by atoms with van der Waals surface area (Å²) < 4.78 is 0. The van der Waals surface area contributed by atoms with Crippen LogP contribution in [0.2, 0.25) is 0 Å². The fraction of sp³-hybridized carbons (Fsp3) is 0.794. The molecule has 4 unspecified atom stereocenters. The van der Waals surface area contributed by atoms with Gasteiger partial charge >= 0.3 is 0 Å². The molecule has 5 N–H and O–H groups in total. The van der Waals surface area contributed by atoms with Gasteiger partial charge in [0.25, 0.3) is 0 Å². The Balaban J connectivity index is 3.96. The van der Waals surface area contributed by atoms with E-state index in [9.17, 15) is 25.2 Å². The lowest BCUT2D eigenvalue weighted by Gasteiger charge is -2.27. The molecule has 0 heterocycles. The molecule has 6 nitrogen and oxygen atoms in total. The zero-order chi connectivity index (χ0) is 29.7. The second-order valence-electron chi connectivity index (χ2n) is 11.1. The van der Waals surface area contributed by atoms with E-state index in [2.05, 4.69) is 48.7 Å². The molecule has 40 heavy (non-hydrogen) atoms. The second kappa shape index (κ2) is 29.0. The molecule has 6 heteroatoms. The summed E-state index contributed by atoms with van der Waals surface area (Å²) in [6.07, 6.45) is 30.3. The molecule has 0 fully saturated rings. The van der Waals surface area contributed by atoms with Crippen LogP contribution in [0.5, 0.6) is 0 Å². The minimum Gasteiger partial charge on any atom is -0.394 e. The highest BCUT2D eigenvalue weighted by atomic mass is 16.3. The van der Waals surface area contributed by atoms with Crippen LogP contribution >= 0.6 is 0 Å². The summed E-state index contributed by atoms with van der Waals surface area (Å²) in [7, 11) is 0. The number of hydrogen-bond acceptors (Lipinski definition) is 5. The molecule has 0 saturated heterocycles. The summed E-state index contributed by atoms with van der Waals surface area (Å²) in [5.41, 5.74) is 0. The maximum absolute atomic E-state index is 12.4. The van der Waals surface area contributed by atoms with Crippen LogP contribution < -0.4 is 5.32 Å². The third-order valence-electron chi connectivity index (χ3n) is 7.40. The van der Waals surface area contributed by atoms with Crippen molar-refractivity contribution in [2.45, 2.75) is 167 Å². The molecule has 0 radical (unpaired) electrons. The standard InChI is InChI=1S/C34H63NO5/c1-3-5-7-9-11-13-15-17-19-21-23-25-27-31(37)33(39)30(29-36)35-34(40)32(38)28-26-24-22-20-18-16-14-12-10-8-6-4-2/h3,5,11,13,19,21,30-33,36-39H,4,6-10,12,14-18,20,22-29H2,1-2H3,(H,35,40)/b5-3+,13-11+,21-19+. The van der Waals surface area contributed by atoms with Crippen molar-refractivity contribution in [3.8, 4) is 0 Å². The van der Waals surface area contributed by atoms with Crippen LogP contribution in [0, 0.1) is 0 Å². The third kappa shape index (κ3) is 23.3. The van der Waals surface area contributed by atoms with Crippen LogP contribution in [0.15, 0.2) is 36.5 Å². The highest BCUT2D eigenvalue weighted by Crippen LogP contribution is 2.14. The first-order chi connectivity index (χ1) is 19.5. The van der Waals surface area contributed by atoms with E-state index in [1.54, 1.807) is 0 Å². The van der Waals surface area contributed by atoms with Crippen LogP contribution in [-0.4, -0.2) is 57.3 Å². The van der Waals surface area contributed by atoms with Gasteiger partial charge in [0.1, 0.15) is 12.2 Å². The second-order valence-corrected chi connectivity index (χ2v) is 11.1. The van der Waals surface area contributed by atoms with Crippen LogP contribution in [0.4, 0.5) is 0 Å². The molecule has 0 bridgehead atoms. The largest absolute Gasteiger partial charge is 0.394 e. The molecular weight excluding hydrogens is 502 g/mol. The number of nitrogens with one attached hydrogen (secondary N) is 1. The highest BCUT2D eigenvalue weighted by molar-refractivity contribution is 5.80. The molecule has 0 aromatic rings. The Morgan fingerprint density at radius 2 is 1.12 bits per heavy atom. The lowest BCUT2D eigenvalue weighted by atomic mass is 10.00. The quantitative estimate of drug-likeness (QED) is 0.0515. The average Bonchev–Trinajstić information content (AvgIpc) is 2.96. The van der Waals surface area contributed by atoms with E-state index in [1.807, 2.05) is 6.92 Å². The SMILES string of the molecule is C/C=C/CC/C=C/CC/C=C/CCCC(O)C(O)C(CO)NC(=O)C(O)CCCCCCCCCCCCCC. The predicted molar refractivity (Wildman–Crippen MR) is 168 cm³/mol. The van der Waals surface area contributed by atoms with E-state index in [-0.39, 0.29) is 0 Å². The maximum Gasteiger partial charge on any atom is 0.249 e. The van der Waals surface area contributed by atoms with Gasteiger partial charge in [-0.05, 0) is 58.3 Å². The molecular formula is C34H63NO5. The molecule has 234 valence electrons. The van der Waals surface area contributed by atoms with Crippen molar-refractivity contribution in [2.24, 2.45) is 0 Å². The van der Waals surface area contributed by atoms with Gasteiger partial charge < -0.3 is 25.7 Å². The molecule has 0 spiro atoms. The van der Waals surface area contributed by atoms with E-state index >= 15 is 0 Å². The van der Waals surface area contributed by atoms with E-state index in [0.29, 0.717) is 19.3 Å². The number of rotatable bonds is 28. The van der Waals surface area contributed by atoms with Crippen molar-refractivity contribution in [1.29, 1.82) is 0 Å². The molecule has 4 atom stereocenters. The molecule has 0 aromatic heterocycles. The van der Waals surface area contributed by atoms with Crippen molar-refractivity contribution in [1.82, 2.24) is 5.32 Å². The minimum atomic E-state index is -1.29. The Bertz CT molecular complexity index is 648. The topological polar surface area (TPSA) is 110 Å². The number of aliphatic hydroxyl groups excluding tert-OH is 4. The number of unbranched alkanes of at least 4 members (excludes halogenated alkanes) is 14. The third-order valence-corrected chi connectivity index (χ3v) is 7.40. The Labute approximate surface area is 246 Å². The number of aliphatic hydroxyl groups is 4. The number of carbonyl (C=O) groups excluding carboxylic acids is 1. The Morgan fingerprint density at radius 3 is 1.62 bits per heavy atom. The fourth-order valence-corrected chi connectivity index (χ4v) is 4.73. The van der Waals surface area contributed by atoms with Crippen LogP contribution in [0.3, 0.4) is 0 Å². The van der Waals surface area contributed by atoms with E-state index in [1.165, 1.54) is 57.8 Å². The van der Waals surface area contributed by atoms with E-state index in [0.717, 1.165) is 51.4 Å². The number of hydrogen-bond donors (Lipinski definition) is 5. The van der Waals surface area contributed by atoms with Crippen LogP contribution in [0.1, 0.15) is 142 Å². The summed E-state index contributed by atoms with van der Waals surface area (Å²) in [6.45, 7) is 3.77. The van der Waals surface area contributed by atoms with E-state index in [4.69, 9.17) is 0 Å². The Hall–Kier alpha value is -1.47. The van der Waals surface area contributed by atoms with Gasteiger partial charge in [0.2, 0.25) is 5.91 Å². The smallest absolute Gasteiger partial charge is 0.249 e.